The Labute approximate surface area is 167 Å². The van der Waals surface area contributed by atoms with Crippen LogP contribution in [0.1, 0.15) is 42.5 Å². The second kappa shape index (κ2) is 6.86. The van der Waals surface area contributed by atoms with E-state index < -0.39 is 21.8 Å². The number of hydrogen-bond acceptors (Lipinski definition) is 5. The Balaban J connectivity index is 1.58. The van der Waals surface area contributed by atoms with Gasteiger partial charge in [0.15, 0.2) is 11.5 Å². The monoisotopic (exact) mass is 423 g/mol. The highest BCUT2D eigenvalue weighted by atomic mass is 35.5. The van der Waals surface area contributed by atoms with Crippen LogP contribution < -0.4 is 14.2 Å². The molecule has 2 N–H and O–H groups in total. The van der Waals surface area contributed by atoms with Gasteiger partial charge in [-0.25, -0.2) is 13.2 Å². The molecule has 0 radical (unpaired) electrons. The molecule has 2 aromatic rings. The number of sulfonamides is 1. The average Bonchev–Trinajstić information content (AvgIpc) is 2.98. The minimum absolute atomic E-state index is 0.0349. The van der Waals surface area contributed by atoms with Crippen LogP contribution in [-0.2, 0) is 10.0 Å². The van der Waals surface area contributed by atoms with E-state index in [2.05, 4.69) is 4.72 Å². The molecule has 1 aliphatic heterocycles. The Morgan fingerprint density at radius 1 is 1.04 bits per heavy atom. The normalized spacial score (nSPS) is 17.5. The molecule has 2 aromatic carbocycles. The smallest absolute Gasteiger partial charge is 0.337 e. The van der Waals surface area contributed by atoms with Gasteiger partial charge in [-0.15, -0.1) is 0 Å². The third-order valence-electron chi connectivity index (χ3n) is 4.88. The number of aromatic carboxylic acids is 1. The molecular formula is C19H18ClNO6S. The van der Waals surface area contributed by atoms with Gasteiger partial charge in [-0.05, 0) is 43.2 Å². The standard InChI is InChI=1S/C19H18ClNO6S/c20-15-6-5-13(11-14(15)18(22)23)28(24,25)21-12-4-7-16-17(10-12)27-19(26-16)8-2-1-3-9-19/h4-7,10-11,21H,1-3,8-9H2,(H,22,23). The third kappa shape index (κ3) is 3.49. The Hall–Kier alpha value is -2.45. The second-order valence-electron chi connectivity index (χ2n) is 6.89. The van der Waals surface area contributed by atoms with Crippen molar-refractivity contribution in [2.75, 3.05) is 4.72 Å². The molecule has 1 heterocycles. The van der Waals surface area contributed by atoms with E-state index in [1.165, 1.54) is 12.1 Å². The van der Waals surface area contributed by atoms with Crippen LogP contribution in [0.25, 0.3) is 0 Å². The van der Waals surface area contributed by atoms with Gasteiger partial charge in [0, 0.05) is 18.9 Å². The van der Waals surface area contributed by atoms with Gasteiger partial charge < -0.3 is 14.6 Å². The zero-order valence-electron chi connectivity index (χ0n) is 14.8. The number of benzene rings is 2. The maximum absolute atomic E-state index is 12.7. The third-order valence-corrected chi connectivity index (χ3v) is 6.59. The first-order valence-electron chi connectivity index (χ1n) is 8.86. The number of nitrogens with one attached hydrogen (secondary N) is 1. The Morgan fingerprint density at radius 3 is 2.46 bits per heavy atom. The Morgan fingerprint density at radius 2 is 1.75 bits per heavy atom. The van der Waals surface area contributed by atoms with Crippen molar-refractivity contribution in [3.05, 3.63) is 47.0 Å². The molecule has 1 fully saturated rings. The predicted octanol–water partition coefficient (Wildman–Crippen LogP) is 4.27. The summed E-state index contributed by atoms with van der Waals surface area (Å²) in [5.41, 5.74) is 0.0107. The zero-order valence-corrected chi connectivity index (χ0v) is 16.3. The summed E-state index contributed by atoms with van der Waals surface area (Å²) in [7, 11) is -4.01. The zero-order chi connectivity index (χ0) is 19.9. The lowest BCUT2D eigenvalue weighted by Gasteiger charge is -2.31. The quantitative estimate of drug-likeness (QED) is 0.761. The molecule has 1 spiro atoms. The van der Waals surface area contributed by atoms with Crippen LogP contribution in [0.5, 0.6) is 11.5 Å². The molecule has 0 amide bonds. The van der Waals surface area contributed by atoms with E-state index in [1.54, 1.807) is 18.2 Å². The molecule has 0 bridgehead atoms. The number of anilines is 1. The number of carboxylic acids is 1. The van der Waals surface area contributed by atoms with E-state index in [-0.39, 0.29) is 15.5 Å². The number of carboxylic acid groups (broad SMARTS) is 1. The molecule has 1 saturated carbocycles. The van der Waals surface area contributed by atoms with Gasteiger partial charge in [-0.1, -0.05) is 18.0 Å². The van der Waals surface area contributed by atoms with Gasteiger partial charge in [0.1, 0.15) is 0 Å². The summed E-state index contributed by atoms with van der Waals surface area (Å²) in [6, 6.07) is 8.34. The highest BCUT2D eigenvalue weighted by Gasteiger charge is 2.42. The van der Waals surface area contributed by atoms with Crippen LogP contribution in [0.4, 0.5) is 5.69 Å². The van der Waals surface area contributed by atoms with Crippen molar-refractivity contribution in [3.8, 4) is 11.5 Å². The van der Waals surface area contributed by atoms with E-state index in [0.29, 0.717) is 17.2 Å². The van der Waals surface area contributed by atoms with Crippen molar-refractivity contribution in [1.82, 2.24) is 0 Å². The van der Waals surface area contributed by atoms with Crippen molar-refractivity contribution in [1.29, 1.82) is 0 Å². The molecular weight excluding hydrogens is 406 g/mol. The van der Waals surface area contributed by atoms with Crippen LogP contribution in [0.15, 0.2) is 41.3 Å². The summed E-state index contributed by atoms with van der Waals surface area (Å²) in [5, 5.41) is 9.11. The highest BCUT2D eigenvalue weighted by molar-refractivity contribution is 7.92. The molecule has 1 aliphatic carbocycles. The lowest BCUT2D eigenvalue weighted by Crippen LogP contribution is -2.40. The first-order valence-corrected chi connectivity index (χ1v) is 10.7. The van der Waals surface area contributed by atoms with Crippen molar-refractivity contribution in [2.45, 2.75) is 42.8 Å². The van der Waals surface area contributed by atoms with Gasteiger partial charge in [0.2, 0.25) is 0 Å². The molecule has 0 aromatic heterocycles. The summed E-state index contributed by atoms with van der Waals surface area (Å²) < 4.78 is 39.8. The lowest BCUT2D eigenvalue weighted by atomic mass is 9.94. The van der Waals surface area contributed by atoms with E-state index >= 15 is 0 Å². The van der Waals surface area contributed by atoms with Gasteiger partial charge >= 0.3 is 5.97 Å². The Kier molecular flexibility index (Phi) is 4.63. The van der Waals surface area contributed by atoms with E-state index in [9.17, 15) is 13.2 Å². The fourth-order valence-corrected chi connectivity index (χ4v) is 4.78. The first kappa shape index (κ1) is 18.9. The van der Waals surface area contributed by atoms with Crippen LogP contribution in [0.3, 0.4) is 0 Å². The largest absolute Gasteiger partial charge is 0.478 e. The summed E-state index contributed by atoms with van der Waals surface area (Å²) in [6.45, 7) is 0. The molecule has 9 heteroatoms. The van der Waals surface area contributed by atoms with Gasteiger partial charge in [-0.2, -0.15) is 0 Å². The van der Waals surface area contributed by atoms with Crippen LogP contribution >= 0.6 is 11.6 Å². The molecule has 0 unspecified atom stereocenters. The number of carbonyl (C=O) groups is 1. The van der Waals surface area contributed by atoms with Crippen molar-refractivity contribution in [2.24, 2.45) is 0 Å². The fourth-order valence-electron chi connectivity index (χ4n) is 3.50. The number of rotatable bonds is 4. The van der Waals surface area contributed by atoms with E-state index in [0.717, 1.165) is 38.2 Å². The number of fused-ring (bicyclic) bond motifs is 1. The van der Waals surface area contributed by atoms with Crippen molar-refractivity contribution in [3.63, 3.8) is 0 Å². The molecule has 7 nitrogen and oxygen atoms in total. The minimum Gasteiger partial charge on any atom is -0.478 e. The van der Waals surface area contributed by atoms with Crippen LogP contribution in [0, 0.1) is 0 Å². The van der Waals surface area contributed by atoms with E-state index in [1.807, 2.05) is 0 Å². The summed E-state index contributed by atoms with van der Waals surface area (Å²) in [6.07, 6.45) is 4.79. The number of halogens is 1. The molecule has 4 rings (SSSR count). The van der Waals surface area contributed by atoms with E-state index in [4.69, 9.17) is 26.2 Å². The van der Waals surface area contributed by atoms with Crippen LogP contribution in [-0.4, -0.2) is 25.3 Å². The number of ether oxygens (including phenoxy) is 2. The summed E-state index contributed by atoms with van der Waals surface area (Å²) >= 11 is 5.81. The minimum atomic E-state index is -4.01. The maximum atomic E-state index is 12.7. The van der Waals surface area contributed by atoms with Crippen LogP contribution in [0.2, 0.25) is 5.02 Å². The molecule has 2 aliphatic rings. The molecule has 0 saturated heterocycles. The summed E-state index contributed by atoms with van der Waals surface area (Å²) in [4.78, 5) is 11.0. The highest BCUT2D eigenvalue weighted by Crippen LogP contribution is 2.46. The van der Waals surface area contributed by atoms with Crippen molar-refractivity contribution >= 4 is 33.3 Å². The van der Waals surface area contributed by atoms with Gasteiger partial charge in [-0.3, -0.25) is 4.72 Å². The average molecular weight is 424 g/mol. The fraction of sp³-hybridized carbons (Fsp3) is 0.316. The first-order chi connectivity index (χ1) is 13.3. The SMILES string of the molecule is O=C(O)c1cc(S(=O)(=O)Nc2ccc3c(c2)OC2(CCCCC2)O3)ccc1Cl. The van der Waals surface area contributed by atoms with Gasteiger partial charge in [0.25, 0.3) is 15.8 Å². The predicted molar refractivity (Wildman–Crippen MR) is 103 cm³/mol. The number of hydrogen-bond donors (Lipinski definition) is 2. The maximum Gasteiger partial charge on any atom is 0.337 e. The topological polar surface area (TPSA) is 102 Å². The molecule has 148 valence electrons. The molecule has 28 heavy (non-hydrogen) atoms. The summed E-state index contributed by atoms with van der Waals surface area (Å²) in [5.74, 6) is -0.873. The molecule has 0 atom stereocenters. The lowest BCUT2D eigenvalue weighted by molar-refractivity contribution is -0.105. The van der Waals surface area contributed by atoms with Gasteiger partial charge in [0.05, 0.1) is 21.2 Å². The Bertz CT molecular complexity index is 1050. The second-order valence-corrected chi connectivity index (χ2v) is 8.98. The van der Waals surface area contributed by atoms with Crippen molar-refractivity contribution < 1.29 is 27.8 Å².